The zero-order valence-electron chi connectivity index (χ0n) is 11.3. The van der Waals surface area contributed by atoms with Crippen LogP contribution in [0.2, 0.25) is 0 Å². The topological polar surface area (TPSA) is 20.3 Å². The molecule has 0 heterocycles. The molecule has 4 heteroatoms. The molecule has 0 radical (unpaired) electrons. The molecule has 0 aliphatic heterocycles. The first-order chi connectivity index (χ1) is 8.99. The Kier molecular flexibility index (Phi) is 4.61. The Morgan fingerprint density at radius 2 is 1.95 bits per heavy atom. The normalized spacial score (nSPS) is 23.2. The van der Waals surface area contributed by atoms with Gasteiger partial charge in [-0.1, -0.05) is 22.9 Å². The summed E-state index contributed by atoms with van der Waals surface area (Å²) in [6, 6.07) is 4.73. The van der Waals surface area contributed by atoms with Crippen molar-refractivity contribution in [3.63, 3.8) is 0 Å². The second-order valence-electron chi connectivity index (χ2n) is 5.45. The number of hydrogen-bond acceptors (Lipinski definition) is 1. The molecule has 0 atom stereocenters. The Hall–Kier alpha value is -0.900. The van der Waals surface area contributed by atoms with Crippen molar-refractivity contribution in [3.8, 4) is 0 Å². The molecule has 0 bridgehead atoms. The fourth-order valence-electron chi connectivity index (χ4n) is 2.65. The molecule has 0 saturated heterocycles. The van der Waals surface area contributed by atoms with Gasteiger partial charge in [-0.05, 0) is 49.8 Å². The predicted molar refractivity (Wildman–Crippen MR) is 77.6 cm³/mol. The lowest BCUT2D eigenvalue weighted by Crippen LogP contribution is -2.39. The van der Waals surface area contributed by atoms with Crippen LogP contribution in [0.15, 0.2) is 22.7 Å². The summed E-state index contributed by atoms with van der Waals surface area (Å²) in [6.45, 7) is 2.24. The minimum atomic E-state index is -0.454. The average Bonchev–Trinajstić information content (AvgIpc) is 2.41. The number of halogens is 2. The maximum Gasteiger partial charge on any atom is 0.256 e. The minimum Gasteiger partial charge on any atom is -0.339 e. The standard InChI is InChI=1S/C15H19BrFNO/c1-10-3-6-12(7-4-10)18(2)15(19)13-9-11(16)5-8-14(13)17/h5,8-10,12H,3-4,6-7H2,1-2H3. The summed E-state index contributed by atoms with van der Waals surface area (Å²) in [5.41, 5.74) is 0.149. The quantitative estimate of drug-likeness (QED) is 0.795. The van der Waals surface area contributed by atoms with Crippen LogP contribution in [0, 0.1) is 11.7 Å². The van der Waals surface area contributed by atoms with Crippen LogP contribution in [-0.4, -0.2) is 23.9 Å². The van der Waals surface area contributed by atoms with Gasteiger partial charge in [0.1, 0.15) is 5.82 Å². The lowest BCUT2D eigenvalue weighted by atomic mass is 9.86. The largest absolute Gasteiger partial charge is 0.339 e. The molecule has 1 saturated carbocycles. The second kappa shape index (κ2) is 6.04. The average molecular weight is 328 g/mol. The summed E-state index contributed by atoms with van der Waals surface area (Å²) in [6.07, 6.45) is 4.31. The molecular formula is C15H19BrFNO. The summed E-state index contributed by atoms with van der Waals surface area (Å²) >= 11 is 3.28. The first kappa shape index (κ1) is 14.5. The Bertz CT molecular complexity index is 469. The number of benzene rings is 1. The van der Waals surface area contributed by atoms with Gasteiger partial charge in [0.2, 0.25) is 0 Å². The lowest BCUT2D eigenvalue weighted by molar-refractivity contribution is 0.0674. The zero-order chi connectivity index (χ0) is 14.0. The van der Waals surface area contributed by atoms with Gasteiger partial charge in [0.05, 0.1) is 5.56 Å². The molecule has 0 unspecified atom stereocenters. The third-order valence-electron chi connectivity index (χ3n) is 4.01. The van der Waals surface area contributed by atoms with Gasteiger partial charge in [0.25, 0.3) is 5.91 Å². The monoisotopic (exact) mass is 327 g/mol. The van der Waals surface area contributed by atoms with E-state index in [1.165, 1.54) is 6.07 Å². The molecule has 1 aliphatic rings. The van der Waals surface area contributed by atoms with Crippen molar-refractivity contribution >= 4 is 21.8 Å². The van der Waals surface area contributed by atoms with Gasteiger partial charge in [0.15, 0.2) is 0 Å². The highest BCUT2D eigenvalue weighted by Crippen LogP contribution is 2.28. The van der Waals surface area contributed by atoms with Crippen LogP contribution in [-0.2, 0) is 0 Å². The van der Waals surface area contributed by atoms with E-state index >= 15 is 0 Å². The molecule has 1 fully saturated rings. The van der Waals surface area contributed by atoms with Gasteiger partial charge in [-0.15, -0.1) is 0 Å². The Labute approximate surface area is 122 Å². The SMILES string of the molecule is CC1CCC(N(C)C(=O)c2cc(Br)ccc2F)CC1. The van der Waals surface area contributed by atoms with Crippen LogP contribution in [0.25, 0.3) is 0 Å². The fraction of sp³-hybridized carbons (Fsp3) is 0.533. The van der Waals surface area contributed by atoms with E-state index in [-0.39, 0.29) is 17.5 Å². The van der Waals surface area contributed by atoms with Crippen LogP contribution in [0.4, 0.5) is 4.39 Å². The Balaban J connectivity index is 2.12. The number of carbonyl (C=O) groups excluding carboxylic acids is 1. The molecule has 19 heavy (non-hydrogen) atoms. The number of hydrogen-bond donors (Lipinski definition) is 0. The van der Waals surface area contributed by atoms with E-state index in [1.54, 1.807) is 24.1 Å². The van der Waals surface area contributed by atoms with Crippen LogP contribution >= 0.6 is 15.9 Å². The number of nitrogens with zero attached hydrogens (tertiary/aromatic N) is 1. The summed E-state index contributed by atoms with van der Waals surface area (Å²) < 4.78 is 14.5. The van der Waals surface area contributed by atoms with Crippen molar-refractivity contribution in [3.05, 3.63) is 34.1 Å². The summed E-state index contributed by atoms with van der Waals surface area (Å²) in [5, 5.41) is 0. The van der Waals surface area contributed by atoms with Gasteiger partial charge in [-0.2, -0.15) is 0 Å². The molecule has 1 amide bonds. The van der Waals surface area contributed by atoms with E-state index in [0.717, 1.165) is 36.1 Å². The van der Waals surface area contributed by atoms with E-state index in [2.05, 4.69) is 22.9 Å². The fourth-order valence-corrected chi connectivity index (χ4v) is 3.01. The maximum absolute atomic E-state index is 13.7. The highest BCUT2D eigenvalue weighted by atomic mass is 79.9. The van der Waals surface area contributed by atoms with E-state index < -0.39 is 5.82 Å². The van der Waals surface area contributed by atoms with Gasteiger partial charge in [-0.3, -0.25) is 4.79 Å². The summed E-state index contributed by atoms with van der Waals surface area (Å²) in [4.78, 5) is 14.1. The van der Waals surface area contributed by atoms with E-state index in [4.69, 9.17) is 0 Å². The van der Waals surface area contributed by atoms with Crippen molar-refractivity contribution in [1.82, 2.24) is 4.90 Å². The lowest BCUT2D eigenvalue weighted by Gasteiger charge is -2.33. The summed E-state index contributed by atoms with van der Waals surface area (Å²) in [5.74, 6) is 0.0601. The molecule has 1 aromatic carbocycles. The highest BCUT2D eigenvalue weighted by molar-refractivity contribution is 9.10. The molecule has 2 rings (SSSR count). The molecule has 1 aliphatic carbocycles. The second-order valence-corrected chi connectivity index (χ2v) is 6.37. The molecular weight excluding hydrogens is 309 g/mol. The molecule has 0 aromatic heterocycles. The van der Waals surface area contributed by atoms with E-state index in [1.807, 2.05) is 0 Å². The van der Waals surface area contributed by atoms with Crippen molar-refractivity contribution in [2.45, 2.75) is 38.6 Å². The van der Waals surface area contributed by atoms with Crippen LogP contribution in [0.3, 0.4) is 0 Å². The molecule has 0 spiro atoms. The van der Waals surface area contributed by atoms with Crippen LogP contribution in [0.1, 0.15) is 43.0 Å². The Morgan fingerprint density at radius 3 is 2.58 bits per heavy atom. The van der Waals surface area contributed by atoms with Gasteiger partial charge in [-0.25, -0.2) is 4.39 Å². The smallest absolute Gasteiger partial charge is 0.256 e. The number of rotatable bonds is 2. The van der Waals surface area contributed by atoms with Gasteiger partial charge >= 0.3 is 0 Å². The van der Waals surface area contributed by atoms with Crippen molar-refractivity contribution in [2.24, 2.45) is 5.92 Å². The Morgan fingerprint density at radius 1 is 1.32 bits per heavy atom. The highest BCUT2D eigenvalue weighted by Gasteiger charge is 2.26. The molecule has 0 N–H and O–H groups in total. The maximum atomic E-state index is 13.7. The number of carbonyl (C=O) groups is 1. The minimum absolute atomic E-state index is 0.149. The first-order valence-electron chi connectivity index (χ1n) is 6.71. The van der Waals surface area contributed by atoms with E-state index in [9.17, 15) is 9.18 Å². The molecule has 1 aromatic rings. The summed E-state index contributed by atoms with van der Waals surface area (Å²) in [7, 11) is 1.78. The zero-order valence-corrected chi connectivity index (χ0v) is 12.9. The molecule has 104 valence electrons. The van der Waals surface area contributed by atoms with Gasteiger partial charge in [0, 0.05) is 17.6 Å². The van der Waals surface area contributed by atoms with Crippen molar-refractivity contribution in [1.29, 1.82) is 0 Å². The van der Waals surface area contributed by atoms with Crippen molar-refractivity contribution < 1.29 is 9.18 Å². The first-order valence-corrected chi connectivity index (χ1v) is 7.50. The predicted octanol–water partition coefficient (Wildman–Crippen LogP) is 4.24. The number of amides is 1. The van der Waals surface area contributed by atoms with Gasteiger partial charge < -0.3 is 4.90 Å². The van der Waals surface area contributed by atoms with Crippen molar-refractivity contribution in [2.75, 3.05) is 7.05 Å². The van der Waals surface area contributed by atoms with Crippen LogP contribution in [0.5, 0.6) is 0 Å². The van der Waals surface area contributed by atoms with E-state index in [0.29, 0.717) is 0 Å². The third kappa shape index (κ3) is 3.35. The molecule has 2 nitrogen and oxygen atoms in total. The van der Waals surface area contributed by atoms with Crippen LogP contribution < -0.4 is 0 Å². The third-order valence-corrected chi connectivity index (χ3v) is 4.51.